The summed E-state index contributed by atoms with van der Waals surface area (Å²) in [5.74, 6) is 0. The number of nitrogens with zero attached hydrogens (tertiary/aromatic N) is 3. The number of hydrogen-bond donors (Lipinski definition) is 1. The van der Waals surface area contributed by atoms with Gasteiger partial charge < -0.3 is 14.8 Å². The second kappa shape index (κ2) is 6.48. The van der Waals surface area contributed by atoms with Crippen LogP contribution >= 0.6 is 0 Å². The minimum absolute atomic E-state index is 0.00572. The second-order valence-corrected chi connectivity index (χ2v) is 7.68. The van der Waals surface area contributed by atoms with Crippen molar-refractivity contribution in [2.45, 2.75) is 31.3 Å². The molecule has 1 unspecified atom stereocenters. The quantitative estimate of drug-likeness (QED) is 0.858. The summed E-state index contributed by atoms with van der Waals surface area (Å²) < 4.78 is 29.1. The van der Waals surface area contributed by atoms with Gasteiger partial charge in [0.15, 0.2) is 0 Å². The molecule has 7 heteroatoms. The first-order chi connectivity index (χ1) is 9.86. The van der Waals surface area contributed by atoms with Crippen molar-refractivity contribution in [2.75, 3.05) is 33.2 Å². The molecule has 21 heavy (non-hydrogen) atoms. The van der Waals surface area contributed by atoms with Crippen LogP contribution in [0.15, 0.2) is 17.2 Å². The van der Waals surface area contributed by atoms with Crippen LogP contribution in [0.4, 0.5) is 0 Å². The van der Waals surface area contributed by atoms with Crippen molar-refractivity contribution in [3.05, 3.63) is 18.0 Å². The predicted octanol–water partition coefficient (Wildman–Crippen LogP) is 0.459. The van der Waals surface area contributed by atoms with Crippen molar-refractivity contribution in [3.8, 4) is 0 Å². The Hall–Kier alpha value is -0.890. The number of sulfonamides is 1. The van der Waals surface area contributed by atoms with Gasteiger partial charge in [0, 0.05) is 51.2 Å². The van der Waals surface area contributed by atoms with Crippen molar-refractivity contribution in [2.24, 2.45) is 7.05 Å². The van der Waals surface area contributed by atoms with Gasteiger partial charge in [-0.3, -0.25) is 0 Å². The van der Waals surface area contributed by atoms with E-state index < -0.39 is 10.0 Å². The van der Waals surface area contributed by atoms with Gasteiger partial charge in [-0.2, -0.15) is 4.31 Å². The summed E-state index contributed by atoms with van der Waals surface area (Å²) in [6.07, 6.45) is 1.72. The molecule has 0 aromatic carbocycles. The molecule has 0 saturated carbocycles. The lowest BCUT2D eigenvalue weighted by molar-refractivity contribution is 0.170. The molecular formula is C14H26N4O2S. The molecule has 0 radical (unpaired) electrons. The predicted molar refractivity (Wildman–Crippen MR) is 83.6 cm³/mol. The number of aromatic nitrogens is 1. The molecule has 120 valence electrons. The lowest BCUT2D eigenvalue weighted by Crippen LogP contribution is -2.52. The van der Waals surface area contributed by atoms with Gasteiger partial charge in [-0.05, 0) is 26.6 Å². The SMILES string of the molecule is CCNCc1cc(S(=O)(=O)N2CCN(C)CC2C)cn1C. The van der Waals surface area contributed by atoms with Crippen LogP contribution in [0.25, 0.3) is 0 Å². The topological polar surface area (TPSA) is 57.6 Å². The Kier molecular flexibility index (Phi) is 5.08. The van der Waals surface area contributed by atoms with Crippen molar-refractivity contribution in [1.82, 2.24) is 19.1 Å². The summed E-state index contributed by atoms with van der Waals surface area (Å²) in [5.41, 5.74) is 0.984. The van der Waals surface area contributed by atoms with Gasteiger partial charge in [0.2, 0.25) is 10.0 Å². The molecule has 1 aliphatic heterocycles. The van der Waals surface area contributed by atoms with Gasteiger partial charge in [-0.15, -0.1) is 0 Å². The summed E-state index contributed by atoms with van der Waals surface area (Å²) >= 11 is 0. The summed E-state index contributed by atoms with van der Waals surface area (Å²) in [4.78, 5) is 2.56. The van der Waals surface area contributed by atoms with E-state index in [0.717, 1.165) is 25.3 Å². The molecule has 0 aliphatic carbocycles. The van der Waals surface area contributed by atoms with Gasteiger partial charge in [-0.1, -0.05) is 6.92 Å². The number of hydrogen-bond acceptors (Lipinski definition) is 4. The molecule has 1 N–H and O–H groups in total. The maximum atomic E-state index is 12.8. The number of nitrogens with one attached hydrogen (secondary N) is 1. The van der Waals surface area contributed by atoms with Crippen molar-refractivity contribution < 1.29 is 8.42 Å². The van der Waals surface area contributed by atoms with Crippen LogP contribution in [0.5, 0.6) is 0 Å². The minimum Gasteiger partial charge on any atom is -0.352 e. The number of piperazine rings is 1. The molecular weight excluding hydrogens is 288 g/mol. The lowest BCUT2D eigenvalue weighted by atomic mass is 10.2. The maximum absolute atomic E-state index is 12.8. The fourth-order valence-electron chi connectivity index (χ4n) is 2.76. The van der Waals surface area contributed by atoms with Crippen LogP contribution in [0.1, 0.15) is 19.5 Å². The molecule has 1 saturated heterocycles. The second-order valence-electron chi connectivity index (χ2n) is 5.79. The molecule has 1 aromatic heterocycles. The zero-order chi connectivity index (χ0) is 15.6. The third kappa shape index (κ3) is 3.48. The van der Waals surface area contributed by atoms with Gasteiger partial charge in [0.05, 0.1) is 0 Å². The van der Waals surface area contributed by atoms with Gasteiger partial charge in [-0.25, -0.2) is 8.42 Å². The highest BCUT2D eigenvalue weighted by Crippen LogP contribution is 2.22. The molecule has 2 rings (SSSR count). The van der Waals surface area contributed by atoms with E-state index in [1.54, 1.807) is 16.6 Å². The Balaban J connectivity index is 2.23. The van der Waals surface area contributed by atoms with Gasteiger partial charge >= 0.3 is 0 Å². The normalized spacial score (nSPS) is 21.8. The van der Waals surface area contributed by atoms with E-state index in [-0.39, 0.29) is 6.04 Å². The van der Waals surface area contributed by atoms with Crippen LogP contribution in [0, 0.1) is 0 Å². The smallest absolute Gasteiger partial charge is 0.244 e. The Morgan fingerprint density at radius 1 is 1.33 bits per heavy atom. The summed E-state index contributed by atoms with van der Waals surface area (Å²) in [5, 5.41) is 3.23. The molecule has 0 bridgehead atoms. The highest BCUT2D eigenvalue weighted by atomic mass is 32.2. The Morgan fingerprint density at radius 3 is 2.67 bits per heavy atom. The molecule has 2 heterocycles. The summed E-state index contributed by atoms with van der Waals surface area (Å²) in [6.45, 7) is 7.65. The molecule has 1 aliphatic rings. The largest absolute Gasteiger partial charge is 0.352 e. The molecule has 0 spiro atoms. The van der Waals surface area contributed by atoms with E-state index in [1.165, 1.54) is 0 Å². The highest BCUT2D eigenvalue weighted by Gasteiger charge is 2.33. The molecule has 1 atom stereocenters. The molecule has 1 aromatic rings. The van der Waals surface area contributed by atoms with Crippen LogP contribution in [-0.2, 0) is 23.6 Å². The maximum Gasteiger partial charge on any atom is 0.244 e. The average Bonchev–Trinajstić information content (AvgIpc) is 2.78. The van der Waals surface area contributed by atoms with Crippen LogP contribution in [0.2, 0.25) is 0 Å². The van der Waals surface area contributed by atoms with Crippen molar-refractivity contribution >= 4 is 10.0 Å². The average molecular weight is 314 g/mol. The first kappa shape index (κ1) is 16.5. The van der Waals surface area contributed by atoms with Gasteiger partial charge in [0.25, 0.3) is 0 Å². The number of likely N-dealkylation sites (N-methyl/N-ethyl adjacent to an activating group) is 1. The van der Waals surface area contributed by atoms with E-state index in [9.17, 15) is 8.42 Å². The van der Waals surface area contributed by atoms with E-state index in [1.807, 2.05) is 32.5 Å². The summed E-state index contributed by atoms with van der Waals surface area (Å²) in [6, 6.07) is 1.79. The highest BCUT2D eigenvalue weighted by molar-refractivity contribution is 7.89. The lowest BCUT2D eigenvalue weighted by Gasteiger charge is -2.36. The van der Waals surface area contributed by atoms with E-state index in [4.69, 9.17) is 0 Å². The molecule has 1 fully saturated rings. The number of rotatable bonds is 5. The molecule has 6 nitrogen and oxygen atoms in total. The first-order valence-electron chi connectivity index (χ1n) is 7.42. The Bertz CT molecular complexity index is 582. The minimum atomic E-state index is -3.40. The van der Waals surface area contributed by atoms with Crippen molar-refractivity contribution in [3.63, 3.8) is 0 Å². The van der Waals surface area contributed by atoms with Gasteiger partial charge in [0.1, 0.15) is 4.90 Å². The van der Waals surface area contributed by atoms with Crippen LogP contribution in [-0.4, -0.2) is 61.5 Å². The fourth-order valence-corrected chi connectivity index (χ4v) is 4.47. The third-order valence-electron chi connectivity index (χ3n) is 4.02. The zero-order valence-corrected chi connectivity index (χ0v) is 14.2. The van der Waals surface area contributed by atoms with Crippen molar-refractivity contribution in [1.29, 1.82) is 0 Å². The van der Waals surface area contributed by atoms with Crippen LogP contribution < -0.4 is 5.32 Å². The van der Waals surface area contributed by atoms with E-state index in [0.29, 0.717) is 18.0 Å². The standard InChI is InChI=1S/C14H26N4O2S/c1-5-15-9-13-8-14(11-17(13)4)21(19,20)18-7-6-16(3)10-12(18)2/h8,11-12,15H,5-7,9-10H2,1-4H3. The summed E-state index contributed by atoms with van der Waals surface area (Å²) in [7, 11) is 0.510. The zero-order valence-electron chi connectivity index (χ0n) is 13.3. The number of aryl methyl sites for hydroxylation is 1. The Labute approximate surface area is 127 Å². The molecule has 0 amide bonds. The fraction of sp³-hybridized carbons (Fsp3) is 0.714. The first-order valence-corrected chi connectivity index (χ1v) is 8.86. The Morgan fingerprint density at radius 2 is 2.05 bits per heavy atom. The van der Waals surface area contributed by atoms with Crippen LogP contribution in [0.3, 0.4) is 0 Å². The monoisotopic (exact) mass is 314 g/mol. The van der Waals surface area contributed by atoms with E-state index in [2.05, 4.69) is 10.2 Å². The third-order valence-corrected chi connectivity index (χ3v) is 5.99. The van der Waals surface area contributed by atoms with E-state index >= 15 is 0 Å².